The Hall–Kier alpha value is -1.30. The predicted octanol–water partition coefficient (Wildman–Crippen LogP) is 1.55. The van der Waals surface area contributed by atoms with E-state index < -0.39 is 5.97 Å². The van der Waals surface area contributed by atoms with Gasteiger partial charge in [0.1, 0.15) is 0 Å². The van der Waals surface area contributed by atoms with Crippen LogP contribution in [0.1, 0.15) is 33.1 Å². The first-order chi connectivity index (χ1) is 8.88. The van der Waals surface area contributed by atoms with Gasteiger partial charge in [-0.05, 0) is 25.7 Å². The first-order valence-electron chi connectivity index (χ1n) is 6.59. The highest BCUT2D eigenvalue weighted by atomic mass is 16.5. The summed E-state index contributed by atoms with van der Waals surface area (Å²) in [4.78, 5) is 23.8. The molecule has 6 heteroatoms. The van der Waals surface area contributed by atoms with Gasteiger partial charge < -0.3 is 20.1 Å². The third-order valence-electron chi connectivity index (χ3n) is 3.15. The molecule has 0 radical (unpaired) electrons. The smallest absolute Gasteiger partial charge is 0.317 e. The van der Waals surface area contributed by atoms with Crippen LogP contribution in [-0.4, -0.2) is 55.4 Å². The Bertz CT molecular complexity index is 284. The number of urea groups is 1. The van der Waals surface area contributed by atoms with Crippen molar-refractivity contribution in [2.75, 3.05) is 27.3 Å². The molecular formula is C13H26N2O4. The lowest BCUT2D eigenvalue weighted by Gasteiger charge is -2.24. The van der Waals surface area contributed by atoms with E-state index in [1.54, 1.807) is 19.1 Å². The highest BCUT2D eigenvalue weighted by Crippen LogP contribution is 2.09. The molecule has 0 saturated carbocycles. The fraction of sp³-hybridized carbons (Fsp3) is 0.846. The average Bonchev–Trinajstić information content (AvgIpc) is 2.35. The number of rotatable bonds is 9. The lowest BCUT2D eigenvalue weighted by atomic mass is 10.0. The molecule has 2 unspecified atom stereocenters. The Labute approximate surface area is 115 Å². The number of carbonyl (C=O) groups excluding carboxylic acids is 1. The topological polar surface area (TPSA) is 78.9 Å². The monoisotopic (exact) mass is 274 g/mol. The zero-order valence-corrected chi connectivity index (χ0v) is 12.3. The minimum atomic E-state index is -0.774. The molecule has 0 aromatic carbocycles. The van der Waals surface area contributed by atoms with Crippen LogP contribution in [0.2, 0.25) is 0 Å². The Morgan fingerprint density at radius 1 is 1.32 bits per heavy atom. The summed E-state index contributed by atoms with van der Waals surface area (Å²) in [6.45, 7) is 4.97. The van der Waals surface area contributed by atoms with Gasteiger partial charge in [0.05, 0.1) is 12.6 Å². The van der Waals surface area contributed by atoms with Crippen molar-refractivity contribution < 1.29 is 19.4 Å². The number of carboxylic acid groups (broad SMARTS) is 1. The second-order valence-electron chi connectivity index (χ2n) is 4.97. The van der Waals surface area contributed by atoms with Crippen molar-refractivity contribution in [2.45, 2.75) is 39.2 Å². The van der Waals surface area contributed by atoms with Gasteiger partial charge >= 0.3 is 12.0 Å². The van der Waals surface area contributed by atoms with Crippen molar-refractivity contribution in [3.8, 4) is 0 Å². The molecular weight excluding hydrogens is 248 g/mol. The Kier molecular flexibility index (Phi) is 8.95. The molecule has 0 aliphatic carbocycles. The predicted molar refractivity (Wildman–Crippen MR) is 73.2 cm³/mol. The number of carbonyl (C=O) groups is 2. The zero-order valence-electron chi connectivity index (χ0n) is 12.3. The Morgan fingerprint density at radius 3 is 2.47 bits per heavy atom. The summed E-state index contributed by atoms with van der Waals surface area (Å²) < 4.78 is 4.99. The Balaban J connectivity index is 3.81. The van der Waals surface area contributed by atoms with Crippen LogP contribution >= 0.6 is 0 Å². The van der Waals surface area contributed by atoms with E-state index in [2.05, 4.69) is 5.32 Å². The normalized spacial score (nSPS) is 13.7. The molecule has 0 aromatic rings. The average molecular weight is 274 g/mol. The molecule has 6 nitrogen and oxygen atoms in total. The number of nitrogens with zero attached hydrogens (tertiary/aromatic N) is 1. The molecule has 2 amide bonds. The van der Waals surface area contributed by atoms with Crippen molar-refractivity contribution in [3.63, 3.8) is 0 Å². The fourth-order valence-corrected chi connectivity index (χ4v) is 1.62. The van der Waals surface area contributed by atoms with Gasteiger partial charge in [0.15, 0.2) is 0 Å². The van der Waals surface area contributed by atoms with E-state index in [-0.39, 0.29) is 24.4 Å². The van der Waals surface area contributed by atoms with E-state index >= 15 is 0 Å². The van der Waals surface area contributed by atoms with Crippen molar-refractivity contribution >= 4 is 12.0 Å². The van der Waals surface area contributed by atoms with Crippen LogP contribution in [0, 0.1) is 5.92 Å². The van der Waals surface area contributed by atoms with E-state index in [0.29, 0.717) is 19.6 Å². The lowest BCUT2D eigenvalue weighted by Crippen LogP contribution is -2.44. The summed E-state index contributed by atoms with van der Waals surface area (Å²) in [7, 11) is 3.33. The molecule has 0 rings (SSSR count). The van der Waals surface area contributed by atoms with E-state index in [1.807, 2.05) is 13.8 Å². The van der Waals surface area contributed by atoms with Gasteiger partial charge in [-0.2, -0.15) is 0 Å². The summed E-state index contributed by atoms with van der Waals surface area (Å²) >= 11 is 0. The molecule has 0 heterocycles. The standard InChI is InChI=1S/C13H26N2O4/c1-10(5-6-12(16)17)7-8-14-13(18)15(3)11(2)9-19-4/h10-11H,5-9H2,1-4H3,(H,14,18)(H,16,17). The van der Waals surface area contributed by atoms with Gasteiger partial charge in [-0.3, -0.25) is 4.79 Å². The molecule has 0 spiro atoms. The van der Waals surface area contributed by atoms with E-state index in [0.717, 1.165) is 6.42 Å². The number of ether oxygens (including phenoxy) is 1. The van der Waals surface area contributed by atoms with Crippen LogP contribution in [0.5, 0.6) is 0 Å². The number of methoxy groups -OCH3 is 1. The fourth-order valence-electron chi connectivity index (χ4n) is 1.62. The highest BCUT2D eigenvalue weighted by molar-refractivity contribution is 5.74. The summed E-state index contributed by atoms with van der Waals surface area (Å²) in [5.74, 6) is -0.484. The summed E-state index contributed by atoms with van der Waals surface area (Å²) in [5.41, 5.74) is 0. The number of hydrogen-bond donors (Lipinski definition) is 2. The van der Waals surface area contributed by atoms with Gasteiger partial charge in [-0.15, -0.1) is 0 Å². The van der Waals surface area contributed by atoms with Crippen LogP contribution in [0.25, 0.3) is 0 Å². The maximum absolute atomic E-state index is 11.8. The molecule has 0 saturated heterocycles. The van der Waals surface area contributed by atoms with Gasteiger partial charge in [0, 0.05) is 27.1 Å². The number of aliphatic carboxylic acids is 1. The minimum absolute atomic E-state index is 0.0226. The van der Waals surface area contributed by atoms with Gasteiger partial charge in [-0.25, -0.2) is 4.79 Å². The molecule has 0 aliphatic heterocycles. The molecule has 19 heavy (non-hydrogen) atoms. The van der Waals surface area contributed by atoms with Crippen molar-refractivity contribution in [1.29, 1.82) is 0 Å². The second kappa shape index (κ2) is 9.61. The van der Waals surface area contributed by atoms with Crippen LogP contribution in [0.3, 0.4) is 0 Å². The summed E-state index contributed by atoms with van der Waals surface area (Å²) in [5, 5.41) is 11.4. The van der Waals surface area contributed by atoms with Crippen LogP contribution in [-0.2, 0) is 9.53 Å². The lowest BCUT2D eigenvalue weighted by molar-refractivity contribution is -0.137. The molecule has 2 atom stereocenters. The van der Waals surface area contributed by atoms with Crippen LogP contribution in [0.4, 0.5) is 4.79 Å². The third-order valence-corrected chi connectivity index (χ3v) is 3.15. The molecule has 0 bridgehead atoms. The van der Waals surface area contributed by atoms with Crippen molar-refractivity contribution in [2.24, 2.45) is 5.92 Å². The summed E-state index contributed by atoms with van der Waals surface area (Å²) in [6, 6.07) is -0.107. The molecule has 0 aliphatic rings. The van der Waals surface area contributed by atoms with Gasteiger partial charge in [0.2, 0.25) is 0 Å². The number of carboxylic acids is 1. The highest BCUT2D eigenvalue weighted by Gasteiger charge is 2.15. The third kappa shape index (κ3) is 8.42. The maximum Gasteiger partial charge on any atom is 0.317 e. The minimum Gasteiger partial charge on any atom is -0.481 e. The molecule has 0 aromatic heterocycles. The van der Waals surface area contributed by atoms with E-state index in [1.165, 1.54) is 0 Å². The zero-order chi connectivity index (χ0) is 14.8. The maximum atomic E-state index is 11.8. The molecule has 112 valence electrons. The van der Waals surface area contributed by atoms with Gasteiger partial charge in [-0.1, -0.05) is 6.92 Å². The number of hydrogen-bond acceptors (Lipinski definition) is 3. The van der Waals surface area contributed by atoms with E-state index in [4.69, 9.17) is 9.84 Å². The number of nitrogens with one attached hydrogen (secondary N) is 1. The number of likely N-dealkylation sites (N-methyl/N-ethyl adjacent to an activating group) is 1. The molecule has 2 N–H and O–H groups in total. The quantitative estimate of drug-likeness (QED) is 0.668. The number of amides is 2. The first kappa shape index (κ1) is 17.7. The largest absolute Gasteiger partial charge is 0.481 e. The molecule has 0 fully saturated rings. The SMILES string of the molecule is COCC(C)N(C)C(=O)NCCC(C)CCC(=O)O. The van der Waals surface area contributed by atoms with Crippen LogP contribution < -0.4 is 5.32 Å². The summed E-state index contributed by atoms with van der Waals surface area (Å²) in [6.07, 6.45) is 1.60. The van der Waals surface area contributed by atoms with Crippen molar-refractivity contribution in [3.05, 3.63) is 0 Å². The van der Waals surface area contributed by atoms with E-state index in [9.17, 15) is 9.59 Å². The van der Waals surface area contributed by atoms with Gasteiger partial charge in [0.25, 0.3) is 0 Å². The van der Waals surface area contributed by atoms with Crippen LogP contribution in [0.15, 0.2) is 0 Å². The first-order valence-corrected chi connectivity index (χ1v) is 6.59. The van der Waals surface area contributed by atoms with Crippen molar-refractivity contribution in [1.82, 2.24) is 10.2 Å². The second-order valence-corrected chi connectivity index (χ2v) is 4.97. The Morgan fingerprint density at radius 2 is 1.95 bits per heavy atom.